The molecule has 3 nitrogen and oxygen atoms in total. The van der Waals surface area contributed by atoms with E-state index in [0.29, 0.717) is 5.75 Å². The molecule has 0 aliphatic carbocycles. The fourth-order valence-electron chi connectivity index (χ4n) is 2.58. The highest BCUT2D eigenvalue weighted by atomic mass is 16.6. The molecular weight excluding hydrogens is 262 g/mol. The topological polar surface area (TPSA) is 41.8 Å². The molecule has 1 heterocycles. The van der Waals surface area contributed by atoms with Crippen molar-refractivity contribution in [3.63, 3.8) is 0 Å². The van der Waals surface area contributed by atoms with Gasteiger partial charge in [-0.3, -0.25) is 0 Å². The van der Waals surface area contributed by atoms with Crippen LogP contribution in [0.1, 0.15) is 36.5 Å². The Morgan fingerprint density at radius 2 is 1.76 bits per heavy atom. The Morgan fingerprint density at radius 1 is 1.00 bits per heavy atom. The number of nitrogens with zero attached hydrogens (tertiary/aromatic N) is 1. The van der Waals surface area contributed by atoms with E-state index in [1.54, 1.807) is 12.1 Å². The van der Waals surface area contributed by atoms with Crippen LogP contribution >= 0.6 is 0 Å². The van der Waals surface area contributed by atoms with Crippen molar-refractivity contribution in [1.82, 2.24) is 0 Å². The van der Waals surface area contributed by atoms with Crippen LogP contribution in [0.5, 0.6) is 5.75 Å². The molecule has 1 N–H and O–H groups in total. The van der Waals surface area contributed by atoms with Crippen molar-refractivity contribution in [2.45, 2.75) is 31.8 Å². The largest absolute Gasteiger partial charge is 0.508 e. The maximum absolute atomic E-state index is 9.26. The maximum Gasteiger partial charge on any atom is 0.157 e. The average Bonchev–Trinajstić information content (AvgIpc) is 2.99. The van der Waals surface area contributed by atoms with Crippen molar-refractivity contribution >= 4 is 5.71 Å². The summed E-state index contributed by atoms with van der Waals surface area (Å²) in [5, 5.41) is 13.5. The van der Waals surface area contributed by atoms with E-state index in [0.717, 1.165) is 31.4 Å². The molecule has 3 rings (SSSR count). The fourth-order valence-corrected chi connectivity index (χ4v) is 2.58. The van der Waals surface area contributed by atoms with E-state index >= 15 is 0 Å². The lowest BCUT2D eigenvalue weighted by molar-refractivity contribution is 0.0857. The lowest BCUT2D eigenvalue weighted by Crippen LogP contribution is -2.00. The summed E-state index contributed by atoms with van der Waals surface area (Å²) in [7, 11) is 0. The molecule has 2 aromatic rings. The van der Waals surface area contributed by atoms with Crippen molar-refractivity contribution in [2.24, 2.45) is 5.16 Å². The molecular formula is C18H19NO2. The van der Waals surface area contributed by atoms with Gasteiger partial charge in [-0.2, -0.15) is 0 Å². The monoisotopic (exact) mass is 281 g/mol. The van der Waals surface area contributed by atoms with Gasteiger partial charge in [0.05, 0.1) is 5.71 Å². The van der Waals surface area contributed by atoms with E-state index in [1.165, 1.54) is 11.1 Å². The SMILES string of the molecule is Oc1ccc(CCCC2=NOC(c3ccccc3)C2)cc1. The second kappa shape index (κ2) is 6.44. The van der Waals surface area contributed by atoms with Crippen molar-refractivity contribution in [3.8, 4) is 5.75 Å². The summed E-state index contributed by atoms with van der Waals surface area (Å²) in [4.78, 5) is 5.53. The zero-order valence-corrected chi connectivity index (χ0v) is 11.9. The molecule has 1 aliphatic heterocycles. The standard InChI is InChI=1S/C18H19NO2/c20-17-11-9-14(10-12-17)5-4-8-16-13-18(21-19-16)15-6-2-1-3-7-15/h1-3,6-7,9-12,18,20H,4-5,8,13H2. The summed E-state index contributed by atoms with van der Waals surface area (Å²) in [6.07, 6.45) is 3.97. The number of oxime groups is 1. The Morgan fingerprint density at radius 3 is 2.52 bits per heavy atom. The number of rotatable bonds is 5. The van der Waals surface area contributed by atoms with Gasteiger partial charge in [-0.25, -0.2) is 0 Å². The number of phenolic OH excluding ortho intramolecular Hbond substituents is 1. The molecule has 1 aliphatic rings. The van der Waals surface area contributed by atoms with E-state index in [-0.39, 0.29) is 6.10 Å². The molecule has 0 radical (unpaired) electrons. The Labute approximate surface area is 124 Å². The summed E-state index contributed by atoms with van der Waals surface area (Å²) < 4.78 is 0. The first-order chi connectivity index (χ1) is 10.3. The lowest BCUT2D eigenvalue weighted by Gasteiger charge is -2.07. The quantitative estimate of drug-likeness (QED) is 0.891. The summed E-state index contributed by atoms with van der Waals surface area (Å²) in [5.74, 6) is 0.318. The van der Waals surface area contributed by atoms with Gasteiger partial charge in [0.15, 0.2) is 6.10 Å². The van der Waals surface area contributed by atoms with Crippen LogP contribution in [0.3, 0.4) is 0 Å². The Bertz CT molecular complexity index is 605. The normalized spacial score (nSPS) is 17.3. The summed E-state index contributed by atoms with van der Waals surface area (Å²) in [6.45, 7) is 0. The van der Waals surface area contributed by atoms with E-state index in [4.69, 9.17) is 4.84 Å². The van der Waals surface area contributed by atoms with Crippen LogP contribution in [0, 0.1) is 0 Å². The molecule has 0 amide bonds. The third kappa shape index (κ3) is 3.63. The number of phenols is 1. The highest BCUT2D eigenvalue weighted by Crippen LogP contribution is 2.28. The Kier molecular flexibility index (Phi) is 4.20. The number of hydrogen-bond acceptors (Lipinski definition) is 3. The third-order valence-electron chi connectivity index (χ3n) is 3.77. The first kappa shape index (κ1) is 13.7. The minimum absolute atomic E-state index is 0.0786. The predicted octanol–water partition coefficient (Wildman–Crippen LogP) is 4.23. The summed E-state index contributed by atoms with van der Waals surface area (Å²) in [6, 6.07) is 17.6. The molecule has 0 spiro atoms. The van der Waals surface area contributed by atoms with Gasteiger partial charge in [-0.15, -0.1) is 0 Å². The van der Waals surface area contributed by atoms with E-state index < -0.39 is 0 Å². The highest BCUT2D eigenvalue weighted by Gasteiger charge is 2.21. The van der Waals surface area contributed by atoms with Gasteiger partial charge >= 0.3 is 0 Å². The van der Waals surface area contributed by atoms with Gasteiger partial charge in [0.2, 0.25) is 0 Å². The Balaban J connectivity index is 1.46. The number of hydrogen-bond donors (Lipinski definition) is 1. The third-order valence-corrected chi connectivity index (χ3v) is 3.77. The van der Waals surface area contributed by atoms with E-state index in [9.17, 15) is 5.11 Å². The molecule has 0 aromatic heterocycles. The van der Waals surface area contributed by atoms with Crippen molar-refractivity contribution in [2.75, 3.05) is 0 Å². The maximum atomic E-state index is 9.26. The first-order valence-electron chi connectivity index (χ1n) is 7.36. The van der Waals surface area contributed by atoms with Crippen LogP contribution in [0.2, 0.25) is 0 Å². The summed E-state index contributed by atoms with van der Waals surface area (Å²) in [5.41, 5.74) is 3.57. The molecule has 1 unspecified atom stereocenters. The van der Waals surface area contributed by atoms with Crippen molar-refractivity contribution in [3.05, 3.63) is 65.7 Å². The van der Waals surface area contributed by atoms with Crippen molar-refractivity contribution in [1.29, 1.82) is 0 Å². The molecule has 3 heteroatoms. The molecule has 0 saturated heterocycles. The molecule has 1 atom stereocenters. The number of benzene rings is 2. The predicted molar refractivity (Wildman–Crippen MR) is 83.4 cm³/mol. The van der Waals surface area contributed by atoms with Gasteiger partial charge < -0.3 is 9.94 Å². The fraction of sp³-hybridized carbons (Fsp3) is 0.278. The van der Waals surface area contributed by atoms with Gasteiger partial charge in [0.1, 0.15) is 5.75 Å². The Hall–Kier alpha value is -2.29. The number of aryl methyl sites for hydroxylation is 1. The molecule has 108 valence electrons. The van der Waals surface area contributed by atoms with Crippen LogP contribution in [0.4, 0.5) is 0 Å². The van der Waals surface area contributed by atoms with Crippen LogP contribution < -0.4 is 0 Å². The van der Waals surface area contributed by atoms with Gasteiger partial charge in [0.25, 0.3) is 0 Å². The van der Waals surface area contributed by atoms with Crippen LogP contribution in [-0.2, 0) is 11.3 Å². The highest BCUT2D eigenvalue weighted by molar-refractivity contribution is 5.85. The van der Waals surface area contributed by atoms with Gasteiger partial charge in [-0.1, -0.05) is 47.6 Å². The molecule has 0 fully saturated rings. The zero-order chi connectivity index (χ0) is 14.5. The second-order valence-electron chi connectivity index (χ2n) is 5.39. The van der Waals surface area contributed by atoms with Crippen molar-refractivity contribution < 1.29 is 9.94 Å². The zero-order valence-electron chi connectivity index (χ0n) is 11.9. The average molecular weight is 281 g/mol. The van der Waals surface area contributed by atoms with Crippen LogP contribution in [0.15, 0.2) is 59.8 Å². The van der Waals surface area contributed by atoms with E-state index in [2.05, 4.69) is 17.3 Å². The molecule has 2 aromatic carbocycles. The van der Waals surface area contributed by atoms with E-state index in [1.807, 2.05) is 30.3 Å². The van der Waals surface area contributed by atoms with Gasteiger partial charge in [0, 0.05) is 6.42 Å². The van der Waals surface area contributed by atoms with Crippen LogP contribution in [0.25, 0.3) is 0 Å². The smallest absolute Gasteiger partial charge is 0.157 e. The minimum Gasteiger partial charge on any atom is -0.508 e. The first-order valence-corrected chi connectivity index (χ1v) is 7.36. The lowest BCUT2D eigenvalue weighted by atomic mass is 10.0. The number of aromatic hydroxyl groups is 1. The summed E-state index contributed by atoms with van der Waals surface area (Å²) >= 11 is 0. The molecule has 0 bridgehead atoms. The minimum atomic E-state index is 0.0786. The van der Waals surface area contributed by atoms with Crippen LogP contribution in [-0.4, -0.2) is 10.8 Å². The molecule has 0 saturated carbocycles. The van der Waals surface area contributed by atoms with Gasteiger partial charge in [-0.05, 0) is 42.5 Å². The molecule has 21 heavy (non-hydrogen) atoms. The second-order valence-corrected chi connectivity index (χ2v) is 5.39.